The van der Waals surface area contributed by atoms with E-state index in [1.807, 2.05) is 57.2 Å². The molecule has 0 aliphatic carbocycles. The molecule has 0 spiro atoms. The minimum atomic E-state index is -0.116. The number of nitrogens with one attached hydrogen (secondary N) is 1. The summed E-state index contributed by atoms with van der Waals surface area (Å²) >= 11 is 0. The molecule has 2 heterocycles. The number of hydrogen-bond acceptors (Lipinski definition) is 3. The van der Waals surface area contributed by atoms with Gasteiger partial charge in [0.1, 0.15) is 11.5 Å². The number of nitrogens with zero attached hydrogens (tertiary/aromatic N) is 1. The van der Waals surface area contributed by atoms with Crippen molar-refractivity contribution in [3.63, 3.8) is 0 Å². The minimum Gasteiger partial charge on any atom is -0.465 e. The first-order valence-corrected chi connectivity index (χ1v) is 7.24. The monoisotopic (exact) mass is 294 g/mol. The van der Waals surface area contributed by atoms with E-state index in [9.17, 15) is 4.79 Å². The summed E-state index contributed by atoms with van der Waals surface area (Å²) in [7, 11) is 0. The van der Waals surface area contributed by atoms with Gasteiger partial charge in [-0.15, -0.1) is 0 Å². The number of benzene rings is 1. The lowest BCUT2D eigenvalue weighted by molar-refractivity contribution is 0.0949. The molecule has 1 aromatic carbocycles. The van der Waals surface area contributed by atoms with Crippen molar-refractivity contribution in [2.24, 2.45) is 0 Å². The van der Waals surface area contributed by atoms with Gasteiger partial charge in [-0.3, -0.25) is 9.78 Å². The molecule has 0 aliphatic heterocycles. The third kappa shape index (κ3) is 2.86. The van der Waals surface area contributed by atoms with Crippen LogP contribution < -0.4 is 5.32 Å². The zero-order chi connectivity index (χ0) is 15.7. The molecular formula is C18H18N2O2. The van der Waals surface area contributed by atoms with E-state index < -0.39 is 0 Å². The predicted octanol–water partition coefficient (Wildman–Crippen LogP) is 3.68. The Hall–Kier alpha value is -2.62. The summed E-state index contributed by atoms with van der Waals surface area (Å²) in [6, 6.07) is 11.5. The molecule has 0 radical (unpaired) electrons. The van der Waals surface area contributed by atoms with Crippen LogP contribution >= 0.6 is 0 Å². The fourth-order valence-electron chi connectivity index (χ4n) is 2.50. The highest BCUT2D eigenvalue weighted by Gasteiger charge is 2.12. The second-order valence-electron chi connectivity index (χ2n) is 5.53. The topological polar surface area (TPSA) is 55.1 Å². The second kappa shape index (κ2) is 5.64. The lowest BCUT2D eigenvalue weighted by atomic mass is 10.0. The largest absolute Gasteiger partial charge is 0.465 e. The Kier molecular flexibility index (Phi) is 3.67. The van der Waals surface area contributed by atoms with E-state index in [0.29, 0.717) is 12.1 Å². The Morgan fingerprint density at radius 1 is 1.14 bits per heavy atom. The summed E-state index contributed by atoms with van der Waals surface area (Å²) in [5.74, 6) is 1.47. The Morgan fingerprint density at radius 2 is 1.95 bits per heavy atom. The number of hydrogen-bond donors (Lipinski definition) is 1. The summed E-state index contributed by atoms with van der Waals surface area (Å²) in [6.07, 6.45) is 0. The van der Waals surface area contributed by atoms with Crippen molar-refractivity contribution in [1.82, 2.24) is 10.3 Å². The standard InChI is InChI=1S/C18H18N2O2/c1-11-4-7-17-15(8-11)16(9-12(2)20-17)18(21)19-10-14-6-5-13(3)22-14/h4-9H,10H2,1-3H3,(H,19,21). The lowest BCUT2D eigenvalue weighted by Gasteiger charge is -2.09. The Bertz CT molecular complexity index is 849. The summed E-state index contributed by atoms with van der Waals surface area (Å²) in [5.41, 5.74) is 3.42. The van der Waals surface area contributed by atoms with Crippen molar-refractivity contribution in [1.29, 1.82) is 0 Å². The maximum Gasteiger partial charge on any atom is 0.252 e. The number of rotatable bonds is 3. The van der Waals surface area contributed by atoms with Gasteiger partial charge in [0.2, 0.25) is 0 Å². The molecule has 1 N–H and O–H groups in total. The average molecular weight is 294 g/mol. The normalized spacial score (nSPS) is 10.9. The molecule has 0 fully saturated rings. The molecule has 3 rings (SSSR count). The molecular weight excluding hydrogens is 276 g/mol. The molecule has 0 aliphatic rings. The number of furan rings is 1. The van der Waals surface area contributed by atoms with E-state index in [-0.39, 0.29) is 5.91 Å². The number of fused-ring (bicyclic) bond motifs is 1. The first kappa shape index (κ1) is 14.3. The molecule has 0 saturated carbocycles. The highest BCUT2D eigenvalue weighted by molar-refractivity contribution is 6.06. The van der Waals surface area contributed by atoms with E-state index in [2.05, 4.69) is 10.3 Å². The third-order valence-electron chi connectivity index (χ3n) is 3.56. The summed E-state index contributed by atoms with van der Waals surface area (Å²) in [5, 5.41) is 3.78. The molecule has 4 nitrogen and oxygen atoms in total. The third-order valence-corrected chi connectivity index (χ3v) is 3.56. The van der Waals surface area contributed by atoms with Crippen LogP contribution in [0.5, 0.6) is 0 Å². The molecule has 4 heteroatoms. The Balaban J connectivity index is 1.91. The fourth-order valence-corrected chi connectivity index (χ4v) is 2.50. The van der Waals surface area contributed by atoms with Gasteiger partial charge in [-0.05, 0) is 51.1 Å². The Labute approximate surface area is 129 Å². The van der Waals surface area contributed by atoms with Crippen LogP contribution in [-0.4, -0.2) is 10.9 Å². The van der Waals surface area contributed by atoms with Crippen LogP contribution in [-0.2, 0) is 6.54 Å². The molecule has 0 bridgehead atoms. The number of aryl methyl sites for hydroxylation is 3. The quantitative estimate of drug-likeness (QED) is 0.801. The highest BCUT2D eigenvalue weighted by Crippen LogP contribution is 2.20. The van der Waals surface area contributed by atoms with Crippen LogP contribution in [0.3, 0.4) is 0 Å². The number of aromatic nitrogens is 1. The van der Waals surface area contributed by atoms with Crippen LogP contribution in [0.2, 0.25) is 0 Å². The smallest absolute Gasteiger partial charge is 0.252 e. The number of pyridine rings is 1. The number of carbonyl (C=O) groups excluding carboxylic acids is 1. The Morgan fingerprint density at radius 3 is 2.68 bits per heavy atom. The van der Waals surface area contributed by atoms with Crippen LogP contribution in [0, 0.1) is 20.8 Å². The van der Waals surface area contributed by atoms with Crippen LogP contribution in [0.15, 0.2) is 40.8 Å². The van der Waals surface area contributed by atoms with Crippen LogP contribution in [0.1, 0.15) is 33.1 Å². The first-order valence-electron chi connectivity index (χ1n) is 7.24. The van der Waals surface area contributed by atoms with E-state index in [1.54, 1.807) is 0 Å². The zero-order valence-corrected chi connectivity index (χ0v) is 12.9. The summed E-state index contributed by atoms with van der Waals surface area (Å²) in [6.45, 7) is 6.16. The van der Waals surface area contributed by atoms with Gasteiger partial charge in [0.15, 0.2) is 0 Å². The predicted molar refractivity (Wildman–Crippen MR) is 85.8 cm³/mol. The van der Waals surface area contributed by atoms with E-state index in [0.717, 1.165) is 33.7 Å². The zero-order valence-electron chi connectivity index (χ0n) is 12.9. The van der Waals surface area contributed by atoms with Crippen molar-refractivity contribution >= 4 is 16.8 Å². The van der Waals surface area contributed by atoms with E-state index >= 15 is 0 Å². The first-order chi connectivity index (χ1) is 10.5. The van der Waals surface area contributed by atoms with Gasteiger partial charge in [-0.1, -0.05) is 11.6 Å². The molecule has 2 aromatic heterocycles. The molecule has 112 valence electrons. The molecule has 22 heavy (non-hydrogen) atoms. The molecule has 3 aromatic rings. The summed E-state index contributed by atoms with van der Waals surface area (Å²) in [4.78, 5) is 17.0. The van der Waals surface area contributed by atoms with Crippen molar-refractivity contribution in [3.8, 4) is 0 Å². The van der Waals surface area contributed by atoms with E-state index in [4.69, 9.17) is 4.42 Å². The lowest BCUT2D eigenvalue weighted by Crippen LogP contribution is -2.23. The molecule has 0 atom stereocenters. The van der Waals surface area contributed by atoms with Gasteiger partial charge < -0.3 is 9.73 Å². The van der Waals surface area contributed by atoms with Gasteiger partial charge >= 0.3 is 0 Å². The van der Waals surface area contributed by atoms with Gasteiger partial charge in [0.05, 0.1) is 17.6 Å². The van der Waals surface area contributed by atoms with Crippen molar-refractivity contribution in [3.05, 3.63) is 64.7 Å². The maximum absolute atomic E-state index is 12.5. The summed E-state index contributed by atoms with van der Waals surface area (Å²) < 4.78 is 5.47. The number of carbonyl (C=O) groups is 1. The molecule has 0 unspecified atom stereocenters. The minimum absolute atomic E-state index is 0.116. The van der Waals surface area contributed by atoms with Gasteiger partial charge in [0.25, 0.3) is 5.91 Å². The van der Waals surface area contributed by atoms with Crippen LogP contribution in [0.4, 0.5) is 0 Å². The van der Waals surface area contributed by atoms with Crippen molar-refractivity contribution < 1.29 is 9.21 Å². The van der Waals surface area contributed by atoms with E-state index in [1.165, 1.54) is 0 Å². The second-order valence-corrected chi connectivity index (χ2v) is 5.53. The maximum atomic E-state index is 12.5. The fraction of sp³-hybridized carbons (Fsp3) is 0.222. The van der Waals surface area contributed by atoms with Crippen LogP contribution in [0.25, 0.3) is 10.9 Å². The van der Waals surface area contributed by atoms with Crippen molar-refractivity contribution in [2.45, 2.75) is 27.3 Å². The number of amides is 1. The highest BCUT2D eigenvalue weighted by atomic mass is 16.3. The van der Waals surface area contributed by atoms with Crippen molar-refractivity contribution in [2.75, 3.05) is 0 Å². The van der Waals surface area contributed by atoms with Gasteiger partial charge in [0, 0.05) is 11.1 Å². The molecule has 0 saturated heterocycles. The average Bonchev–Trinajstić information content (AvgIpc) is 2.90. The SMILES string of the molecule is Cc1ccc2nc(C)cc(C(=O)NCc3ccc(C)o3)c2c1. The van der Waals surface area contributed by atoms with Gasteiger partial charge in [-0.25, -0.2) is 0 Å². The molecule has 1 amide bonds. The van der Waals surface area contributed by atoms with Gasteiger partial charge in [-0.2, -0.15) is 0 Å².